The topological polar surface area (TPSA) is 12.5 Å². The number of hydrogen-bond donors (Lipinski definition) is 0. The van der Waals surface area contributed by atoms with Crippen molar-refractivity contribution in [2.75, 3.05) is 31.2 Å². The van der Waals surface area contributed by atoms with Gasteiger partial charge in [0.15, 0.2) is 0 Å². The third kappa shape index (κ3) is 3.54. The predicted octanol–water partition coefficient (Wildman–Crippen LogP) is 3.67. The molecule has 0 aromatic heterocycles. The second-order valence-electron chi connectivity index (χ2n) is 4.44. The van der Waals surface area contributed by atoms with Gasteiger partial charge in [0.05, 0.1) is 12.2 Å². The highest BCUT2D eigenvalue weighted by molar-refractivity contribution is 6.17. The van der Waals surface area contributed by atoms with Gasteiger partial charge >= 0.3 is 6.18 Å². The smallest absolute Gasteiger partial charge is 0.380 e. The van der Waals surface area contributed by atoms with Crippen LogP contribution in [-0.4, -0.2) is 26.3 Å². The Morgan fingerprint density at radius 3 is 2.68 bits per heavy atom. The molecule has 0 saturated carbocycles. The van der Waals surface area contributed by atoms with E-state index in [1.807, 2.05) is 0 Å². The number of nitrogens with zero attached hydrogens (tertiary/aromatic N) is 1. The van der Waals surface area contributed by atoms with E-state index in [4.69, 9.17) is 16.3 Å². The summed E-state index contributed by atoms with van der Waals surface area (Å²) in [6, 6.07) is 4.28. The monoisotopic (exact) mass is 293 g/mol. The predicted molar refractivity (Wildman–Crippen MR) is 68.7 cm³/mol. The van der Waals surface area contributed by atoms with Gasteiger partial charge in [-0.25, -0.2) is 0 Å². The first-order chi connectivity index (χ1) is 9.02. The Morgan fingerprint density at radius 1 is 1.21 bits per heavy atom. The standard InChI is InChI=1S/C13H15ClF3NO/c14-9-10-2-3-12(11(8-10)13(15,16)17)18-4-1-6-19-7-5-18/h2-3,8H,1,4-7,9H2. The van der Waals surface area contributed by atoms with Gasteiger partial charge in [-0.15, -0.1) is 11.6 Å². The molecule has 1 saturated heterocycles. The fraction of sp³-hybridized carbons (Fsp3) is 0.538. The lowest BCUT2D eigenvalue weighted by atomic mass is 10.1. The van der Waals surface area contributed by atoms with Gasteiger partial charge in [-0.1, -0.05) is 6.07 Å². The molecule has 0 bridgehead atoms. The summed E-state index contributed by atoms with van der Waals surface area (Å²) in [5, 5.41) is 0. The summed E-state index contributed by atoms with van der Waals surface area (Å²) in [6.07, 6.45) is -3.64. The summed E-state index contributed by atoms with van der Waals surface area (Å²) < 4.78 is 44.6. The van der Waals surface area contributed by atoms with Crippen LogP contribution in [0, 0.1) is 0 Å². The molecule has 1 aliphatic heterocycles. The molecule has 1 fully saturated rings. The van der Waals surface area contributed by atoms with Gasteiger partial charge in [-0.2, -0.15) is 13.2 Å². The van der Waals surface area contributed by atoms with Crippen LogP contribution < -0.4 is 4.90 Å². The van der Waals surface area contributed by atoms with Crippen LogP contribution in [0.4, 0.5) is 18.9 Å². The van der Waals surface area contributed by atoms with Crippen molar-refractivity contribution in [1.82, 2.24) is 0 Å². The van der Waals surface area contributed by atoms with Crippen LogP contribution in [0.25, 0.3) is 0 Å². The van der Waals surface area contributed by atoms with E-state index in [1.54, 1.807) is 11.0 Å². The molecule has 0 radical (unpaired) electrons. The summed E-state index contributed by atoms with van der Waals surface area (Å²) in [4.78, 5) is 1.73. The molecule has 1 aliphatic rings. The number of alkyl halides is 4. The number of hydrogen-bond acceptors (Lipinski definition) is 2. The van der Waals surface area contributed by atoms with Crippen LogP contribution in [-0.2, 0) is 16.8 Å². The molecule has 0 atom stereocenters. The summed E-state index contributed by atoms with van der Waals surface area (Å²) in [5.41, 5.74) is 0.0724. The average Bonchev–Trinajstić information content (AvgIpc) is 2.65. The summed E-state index contributed by atoms with van der Waals surface area (Å²) in [7, 11) is 0. The van der Waals surface area contributed by atoms with E-state index in [0.29, 0.717) is 31.9 Å². The molecule has 6 heteroatoms. The molecule has 2 rings (SSSR count). The van der Waals surface area contributed by atoms with Crippen molar-refractivity contribution in [3.8, 4) is 0 Å². The van der Waals surface area contributed by atoms with E-state index in [-0.39, 0.29) is 11.6 Å². The fourth-order valence-corrected chi connectivity index (χ4v) is 2.32. The normalized spacial score (nSPS) is 17.4. The van der Waals surface area contributed by atoms with Gasteiger partial charge in [0.25, 0.3) is 0 Å². The van der Waals surface area contributed by atoms with Gasteiger partial charge in [0.1, 0.15) is 0 Å². The van der Waals surface area contributed by atoms with Crippen molar-refractivity contribution in [1.29, 1.82) is 0 Å². The Labute approximate surface area is 115 Å². The van der Waals surface area contributed by atoms with E-state index in [2.05, 4.69) is 0 Å². The second kappa shape index (κ2) is 6.01. The highest BCUT2D eigenvalue weighted by atomic mass is 35.5. The average molecular weight is 294 g/mol. The zero-order valence-corrected chi connectivity index (χ0v) is 11.1. The van der Waals surface area contributed by atoms with Crippen molar-refractivity contribution in [2.45, 2.75) is 18.5 Å². The molecule has 19 heavy (non-hydrogen) atoms. The van der Waals surface area contributed by atoms with Crippen LogP contribution in [0.3, 0.4) is 0 Å². The second-order valence-corrected chi connectivity index (χ2v) is 4.70. The zero-order valence-electron chi connectivity index (χ0n) is 10.3. The Bertz CT molecular complexity index is 428. The molecular weight excluding hydrogens is 279 g/mol. The van der Waals surface area contributed by atoms with Crippen molar-refractivity contribution in [3.63, 3.8) is 0 Å². The third-order valence-electron chi connectivity index (χ3n) is 3.08. The summed E-state index contributed by atoms with van der Waals surface area (Å²) in [5.74, 6) is 0.0759. The van der Waals surface area contributed by atoms with Gasteiger partial charge in [-0.3, -0.25) is 0 Å². The Kier molecular flexibility index (Phi) is 4.58. The quantitative estimate of drug-likeness (QED) is 0.772. The molecule has 0 aliphatic carbocycles. The van der Waals surface area contributed by atoms with E-state index in [0.717, 1.165) is 12.5 Å². The molecule has 0 amide bonds. The Morgan fingerprint density at radius 2 is 2.00 bits per heavy atom. The van der Waals surface area contributed by atoms with Crippen molar-refractivity contribution in [3.05, 3.63) is 29.3 Å². The van der Waals surface area contributed by atoms with E-state index in [9.17, 15) is 13.2 Å². The van der Waals surface area contributed by atoms with Crippen LogP contribution in [0.5, 0.6) is 0 Å². The lowest BCUT2D eigenvalue weighted by Gasteiger charge is -2.26. The number of rotatable bonds is 2. The molecule has 0 N–H and O–H groups in total. The highest BCUT2D eigenvalue weighted by Crippen LogP contribution is 2.37. The van der Waals surface area contributed by atoms with Gasteiger partial charge in [0, 0.05) is 31.3 Å². The number of benzene rings is 1. The van der Waals surface area contributed by atoms with Gasteiger partial charge in [-0.05, 0) is 24.1 Å². The minimum absolute atomic E-state index is 0.0759. The first kappa shape index (κ1) is 14.5. The maximum Gasteiger partial charge on any atom is 0.418 e. The van der Waals surface area contributed by atoms with Crippen LogP contribution in [0.2, 0.25) is 0 Å². The van der Waals surface area contributed by atoms with Crippen molar-refractivity contribution < 1.29 is 17.9 Å². The lowest BCUT2D eigenvalue weighted by Crippen LogP contribution is -2.28. The van der Waals surface area contributed by atoms with E-state index < -0.39 is 11.7 Å². The Hall–Kier alpha value is -0.940. The first-order valence-electron chi connectivity index (χ1n) is 6.11. The first-order valence-corrected chi connectivity index (χ1v) is 6.64. The number of halogens is 4. The molecule has 1 aromatic carbocycles. The zero-order chi connectivity index (χ0) is 13.9. The molecule has 106 valence electrons. The minimum atomic E-state index is -4.37. The van der Waals surface area contributed by atoms with Gasteiger partial charge in [0.2, 0.25) is 0 Å². The molecule has 0 unspecified atom stereocenters. The molecule has 0 spiro atoms. The van der Waals surface area contributed by atoms with Crippen LogP contribution >= 0.6 is 11.6 Å². The van der Waals surface area contributed by atoms with Gasteiger partial charge < -0.3 is 9.64 Å². The molecule has 1 aromatic rings. The SMILES string of the molecule is FC(F)(F)c1cc(CCl)ccc1N1CCCOCC1. The van der Waals surface area contributed by atoms with Crippen LogP contribution in [0.15, 0.2) is 18.2 Å². The summed E-state index contributed by atoms with van der Waals surface area (Å²) in [6.45, 7) is 2.10. The van der Waals surface area contributed by atoms with Crippen molar-refractivity contribution in [2.24, 2.45) is 0 Å². The molecule has 2 nitrogen and oxygen atoms in total. The summed E-state index contributed by atoms with van der Waals surface area (Å²) >= 11 is 5.61. The largest absolute Gasteiger partial charge is 0.418 e. The maximum atomic E-state index is 13.1. The van der Waals surface area contributed by atoms with Crippen molar-refractivity contribution >= 4 is 17.3 Å². The molecule has 1 heterocycles. The van der Waals surface area contributed by atoms with E-state index in [1.165, 1.54) is 6.07 Å². The van der Waals surface area contributed by atoms with Crippen LogP contribution in [0.1, 0.15) is 17.5 Å². The highest BCUT2D eigenvalue weighted by Gasteiger charge is 2.35. The maximum absolute atomic E-state index is 13.1. The molecular formula is C13H15ClF3NO. The fourth-order valence-electron chi connectivity index (χ4n) is 2.16. The van der Waals surface area contributed by atoms with E-state index >= 15 is 0 Å². The number of ether oxygens (including phenoxy) is 1. The Balaban J connectivity index is 2.37. The lowest BCUT2D eigenvalue weighted by molar-refractivity contribution is -0.137. The number of anilines is 1. The minimum Gasteiger partial charge on any atom is -0.380 e. The third-order valence-corrected chi connectivity index (χ3v) is 3.39.